The predicted molar refractivity (Wildman–Crippen MR) is 95.0 cm³/mol. The molecule has 0 saturated heterocycles. The van der Waals surface area contributed by atoms with Gasteiger partial charge in [-0.05, 0) is 17.2 Å². The number of hydrogen-bond acceptors (Lipinski definition) is 5. The second-order valence-electron chi connectivity index (χ2n) is 7.06. The van der Waals surface area contributed by atoms with Gasteiger partial charge in [0.05, 0.1) is 12.0 Å². The second-order valence-corrected chi connectivity index (χ2v) is 7.83. The summed E-state index contributed by atoms with van der Waals surface area (Å²) in [5, 5.41) is 8.68. The first kappa shape index (κ1) is 15.4. The molecule has 4 rings (SSSR count). The molecule has 5 nitrogen and oxygen atoms in total. The molecule has 1 aliphatic heterocycles. The van der Waals surface area contributed by atoms with E-state index in [4.69, 9.17) is 0 Å². The molecule has 124 valence electrons. The fourth-order valence-corrected chi connectivity index (χ4v) is 4.03. The number of fused-ring (bicyclic) bond motifs is 2. The summed E-state index contributed by atoms with van der Waals surface area (Å²) in [6.45, 7) is 4.19. The van der Waals surface area contributed by atoms with Gasteiger partial charge in [0.2, 0.25) is 11.1 Å². The van der Waals surface area contributed by atoms with Crippen molar-refractivity contribution in [2.75, 3.05) is 11.6 Å². The molecule has 0 fully saturated rings. The van der Waals surface area contributed by atoms with Crippen LogP contribution in [0.25, 0.3) is 0 Å². The van der Waals surface area contributed by atoms with Crippen LogP contribution in [0.1, 0.15) is 31.9 Å². The number of anilines is 1. The van der Waals surface area contributed by atoms with Crippen LogP contribution in [-0.2, 0) is 4.79 Å². The average molecular weight is 340 g/mol. The van der Waals surface area contributed by atoms with Crippen LogP contribution in [0.2, 0.25) is 0 Å². The van der Waals surface area contributed by atoms with Gasteiger partial charge in [0.25, 0.3) is 0 Å². The Hall–Kier alpha value is -2.08. The Kier molecular flexibility index (Phi) is 3.53. The van der Waals surface area contributed by atoms with Gasteiger partial charge in [-0.2, -0.15) is 4.98 Å². The molecule has 6 heteroatoms. The van der Waals surface area contributed by atoms with Crippen molar-refractivity contribution in [3.8, 4) is 0 Å². The van der Waals surface area contributed by atoms with Gasteiger partial charge < -0.3 is 5.32 Å². The van der Waals surface area contributed by atoms with Gasteiger partial charge in [-0.1, -0.05) is 62.0 Å². The number of aromatic nitrogens is 3. The summed E-state index contributed by atoms with van der Waals surface area (Å²) in [7, 11) is 0. The van der Waals surface area contributed by atoms with Crippen molar-refractivity contribution < 1.29 is 4.79 Å². The average Bonchev–Trinajstić information content (AvgIpc) is 2.95. The summed E-state index contributed by atoms with van der Waals surface area (Å²) >= 11 is 1.51. The lowest BCUT2D eigenvalue weighted by Crippen LogP contribution is -2.42. The number of thioether (sulfide) groups is 1. The van der Waals surface area contributed by atoms with Gasteiger partial charge in [0.1, 0.15) is 5.78 Å². The fourth-order valence-electron chi connectivity index (χ4n) is 3.68. The first-order chi connectivity index (χ1) is 11.5. The highest BCUT2D eigenvalue weighted by Crippen LogP contribution is 2.45. The van der Waals surface area contributed by atoms with Crippen molar-refractivity contribution in [2.24, 2.45) is 11.3 Å². The van der Waals surface area contributed by atoms with Gasteiger partial charge in [0.15, 0.2) is 0 Å². The summed E-state index contributed by atoms with van der Waals surface area (Å²) < 4.78 is 1.87. The van der Waals surface area contributed by atoms with Crippen LogP contribution >= 0.6 is 11.8 Å². The summed E-state index contributed by atoms with van der Waals surface area (Å²) in [4.78, 5) is 17.5. The zero-order valence-electron chi connectivity index (χ0n) is 14.0. The molecule has 1 aromatic heterocycles. The van der Waals surface area contributed by atoms with Crippen LogP contribution in [-0.4, -0.2) is 26.8 Å². The van der Waals surface area contributed by atoms with Crippen LogP contribution in [0, 0.1) is 11.3 Å². The third kappa shape index (κ3) is 2.45. The summed E-state index contributed by atoms with van der Waals surface area (Å²) in [6, 6.07) is 9.97. The maximum absolute atomic E-state index is 13.0. The molecule has 24 heavy (non-hydrogen) atoms. The van der Waals surface area contributed by atoms with E-state index in [0.29, 0.717) is 17.5 Å². The van der Waals surface area contributed by atoms with E-state index in [1.54, 1.807) is 0 Å². The monoisotopic (exact) mass is 340 g/mol. The molecule has 2 atom stereocenters. The topological polar surface area (TPSA) is 59.8 Å². The van der Waals surface area contributed by atoms with Crippen molar-refractivity contribution in [3.63, 3.8) is 0 Å². The van der Waals surface area contributed by atoms with Crippen LogP contribution < -0.4 is 5.32 Å². The standard InChI is InChI=1S/C18H20N4OS/c1-18(2)9-12-14(13(23)10-18)15(11-7-5-4-6-8-11)22-16(19-12)20-17(21-22)24-3/h4-9,14-15H,10H2,1-3H3,(H,19,20,21)/t14-,15-/m0/s1. The Balaban J connectivity index is 1.91. The lowest BCUT2D eigenvalue weighted by molar-refractivity contribution is -0.125. The lowest BCUT2D eigenvalue weighted by Gasteiger charge is -2.40. The zero-order valence-corrected chi connectivity index (χ0v) is 14.8. The number of nitrogens with zero attached hydrogens (tertiary/aromatic N) is 3. The number of ketones is 1. The SMILES string of the molecule is CSc1nc2n(n1)[C@@H](c1ccccc1)[C@@H]1C(=O)CC(C)(C)C=C1N2. The molecular formula is C18H20N4OS. The minimum atomic E-state index is -0.232. The molecule has 0 unspecified atom stereocenters. The van der Waals surface area contributed by atoms with Crippen LogP contribution in [0.5, 0.6) is 0 Å². The summed E-state index contributed by atoms with van der Waals surface area (Å²) in [5.41, 5.74) is 1.90. The van der Waals surface area contributed by atoms with Crippen molar-refractivity contribution in [2.45, 2.75) is 31.5 Å². The molecule has 0 bridgehead atoms. The van der Waals surface area contributed by atoms with Gasteiger partial charge >= 0.3 is 0 Å². The maximum atomic E-state index is 13.0. The number of nitrogens with one attached hydrogen (secondary N) is 1. The number of allylic oxidation sites excluding steroid dienone is 2. The molecular weight excluding hydrogens is 320 g/mol. The molecule has 2 aromatic rings. The smallest absolute Gasteiger partial charge is 0.227 e. The Bertz CT molecular complexity index is 825. The Labute approximate surface area is 145 Å². The fraction of sp³-hybridized carbons (Fsp3) is 0.389. The molecule has 2 aliphatic rings. The molecule has 0 spiro atoms. The van der Waals surface area contributed by atoms with Crippen molar-refractivity contribution in [3.05, 3.63) is 47.7 Å². The van der Waals surface area contributed by atoms with Crippen molar-refractivity contribution >= 4 is 23.5 Å². The third-order valence-corrected chi connectivity index (χ3v) is 5.17. The normalized spacial score (nSPS) is 24.6. The van der Waals surface area contributed by atoms with Gasteiger partial charge in [-0.25, -0.2) is 4.68 Å². The van der Waals surface area contributed by atoms with E-state index >= 15 is 0 Å². The third-order valence-electron chi connectivity index (χ3n) is 4.63. The van der Waals surface area contributed by atoms with Crippen LogP contribution in [0.3, 0.4) is 0 Å². The van der Waals surface area contributed by atoms with Crippen LogP contribution in [0.4, 0.5) is 5.95 Å². The van der Waals surface area contributed by atoms with E-state index in [9.17, 15) is 4.79 Å². The molecule has 0 amide bonds. The highest BCUT2D eigenvalue weighted by molar-refractivity contribution is 7.98. The summed E-state index contributed by atoms with van der Waals surface area (Å²) in [6.07, 6.45) is 4.69. The van der Waals surface area contributed by atoms with Gasteiger partial charge in [0, 0.05) is 12.1 Å². The minimum Gasteiger partial charge on any atom is -0.328 e. The summed E-state index contributed by atoms with van der Waals surface area (Å²) in [5.74, 6) is 0.733. The second kappa shape index (κ2) is 5.48. The number of benzene rings is 1. The van der Waals surface area contributed by atoms with Crippen molar-refractivity contribution in [1.29, 1.82) is 0 Å². The largest absolute Gasteiger partial charge is 0.328 e. The number of Topliss-reactive ketones (excluding diaryl/α,β-unsaturated/α-hetero) is 1. The highest BCUT2D eigenvalue weighted by atomic mass is 32.2. The number of carbonyl (C=O) groups is 1. The lowest BCUT2D eigenvalue weighted by atomic mass is 9.72. The van der Waals surface area contributed by atoms with E-state index in [-0.39, 0.29) is 23.2 Å². The number of rotatable bonds is 2. The first-order valence-corrected chi connectivity index (χ1v) is 9.29. The molecule has 0 radical (unpaired) electrons. The van der Waals surface area contributed by atoms with E-state index in [2.05, 4.69) is 47.5 Å². The van der Waals surface area contributed by atoms with E-state index in [1.165, 1.54) is 11.8 Å². The molecule has 1 aliphatic carbocycles. The molecule has 1 N–H and O–H groups in total. The Morgan fingerprint density at radius 3 is 2.75 bits per heavy atom. The van der Waals surface area contributed by atoms with Crippen LogP contribution in [0.15, 0.2) is 47.3 Å². The molecule has 0 saturated carbocycles. The van der Waals surface area contributed by atoms with E-state index in [0.717, 1.165) is 11.3 Å². The highest BCUT2D eigenvalue weighted by Gasteiger charge is 2.44. The zero-order chi connectivity index (χ0) is 16.9. The number of hydrogen-bond donors (Lipinski definition) is 1. The quantitative estimate of drug-likeness (QED) is 0.848. The van der Waals surface area contributed by atoms with Gasteiger partial charge in [-0.3, -0.25) is 4.79 Å². The maximum Gasteiger partial charge on any atom is 0.227 e. The molecule has 2 heterocycles. The van der Waals surface area contributed by atoms with E-state index in [1.807, 2.05) is 29.1 Å². The van der Waals surface area contributed by atoms with Crippen molar-refractivity contribution in [1.82, 2.24) is 14.8 Å². The Morgan fingerprint density at radius 2 is 2.04 bits per heavy atom. The van der Waals surface area contributed by atoms with Gasteiger partial charge in [-0.15, -0.1) is 5.10 Å². The number of carbonyl (C=O) groups excluding carboxylic acids is 1. The predicted octanol–water partition coefficient (Wildman–Crippen LogP) is 3.51. The Morgan fingerprint density at radius 1 is 1.29 bits per heavy atom. The molecule has 1 aromatic carbocycles. The first-order valence-electron chi connectivity index (χ1n) is 8.06. The minimum absolute atomic E-state index is 0.137. The van der Waals surface area contributed by atoms with E-state index < -0.39 is 0 Å².